The summed E-state index contributed by atoms with van der Waals surface area (Å²) in [4.78, 5) is 28.2. The molecule has 2 heterocycles. The lowest BCUT2D eigenvalue weighted by Crippen LogP contribution is -2.20. The molecular weight excluding hydrogens is 373 g/mol. The lowest BCUT2D eigenvalue weighted by atomic mass is 10.1. The summed E-state index contributed by atoms with van der Waals surface area (Å²) in [5.74, 6) is -1.96. The van der Waals surface area contributed by atoms with Crippen molar-refractivity contribution in [2.75, 3.05) is 5.73 Å². The van der Waals surface area contributed by atoms with Crippen LogP contribution >= 0.6 is 0 Å². The number of nitrogens with zero attached hydrogens (tertiary/aromatic N) is 2. The highest BCUT2D eigenvalue weighted by Crippen LogP contribution is 2.22. The Morgan fingerprint density at radius 1 is 1.10 bits per heavy atom. The van der Waals surface area contributed by atoms with Crippen LogP contribution in [-0.2, 0) is 6.54 Å². The molecule has 144 valence electrons. The second-order valence-corrected chi connectivity index (χ2v) is 6.60. The molecule has 0 aliphatic rings. The first-order valence-corrected chi connectivity index (χ1v) is 8.80. The van der Waals surface area contributed by atoms with Gasteiger partial charge in [0.1, 0.15) is 11.4 Å². The molecule has 4 aromatic rings. The van der Waals surface area contributed by atoms with Crippen LogP contribution in [0.1, 0.15) is 16.1 Å². The SMILES string of the molecule is Nc1cccc(-c2ccc(Cn3cc(C(=O)O)c(=O)c4cccc(F)c43)nc2)c1. The maximum absolute atomic E-state index is 14.4. The summed E-state index contributed by atoms with van der Waals surface area (Å²) in [6, 6.07) is 15.0. The van der Waals surface area contributed by atoms with E-state index in [4.69, 9.17) is 5.73 Å². The van der Waals surface area contributed by atoms with Gasteiger partial charge in [-0.05, 0) is 35.9 Å². The van der Waals surface area contributed by atoms with Gasteiger partial charge in [-0.15, -0.1) is 0 Å². The molecule has 4 rings (SSSR count). The van der Waals surface area contributed by atoms with Crippen molar-refractivity contribution in [1.29, 1.82) is 0 Å². The number of hydrogen-bond acceptors (Lipinski definition) is 4. The van der Waals surface area contributed by atoms with Crippen LogP contribution < -0.4 is 11.2 Å². The Balaban J connectivity index is 1.77. The highest BCUT2D eigenvalue weighted by Gasteiger charge is 2.17. The van der Waals surface area contributed by atoms with Gasteiger partial charge in [-0.1, -0.05) is 24.3 Å². The summed E-state index contributed by atoms with van der Waals surface area (Å²) in [5, 5.41) is 9.35. The smallest absolute Gasteiger partial charge is 0.341 e. The zero-order chi connectivity index (χ0) is 20.5. The van der Waals surface area contributed by atoms with E-state index in [9.17, 15) is 19.1 Å². The molecule has 2 aromatic heterocycles. The number of para-hydroxylation sites is 1. The number of fused-ring (bicyclic) bond motifs is 1. The Morgan fingerprint density at radius 3 is 2.59 bits per heavy atom. The summed E-state index contributed by atoms with van der Waals surface area (Å²) < 4.78 is 15.8. The van der Waals surface area contributed by atoms with Crippen molar-refractivity contribution in [3.63, 3.8) is 0 Å². The predicted octanol–water partition coefficient (Wildman–Crippen LogP) is 3.53. The summed E-state index contributed by atoms with van der Waals surface area (Å²) in [5.41, 5.74) is 7.73. The molecule has 0 spiro atoms. The van der Waals surface area contributed by atoms with E-state index < -0.39 is 22.8 Å². The van der Waals surface area contributed by atoms with Crippen LogP contribution in [-0.4, -0.2) is 20.6 Å². The molecule has 0 radical (unpaired) electrons. The van der Waals surface area contributed by atoms with Gasteiger partial charge in [-0.2, -0.15) is 0 Å². The number of hydrogen-bond donors (Lipinski definition) is 2. The standard InChI is InChI=1S/C22H16FN3O3/c23-19-6-2-5-17-20(19)26(12-18(21(17)27)22(28)29)11-16-8-7-14(10-25-16)13-3-1-4-15(24)9-13/h1-10,12H,11,24H2,(H,28,29). The number of carbonyl (C=O) groups is 1. The fraction of sp³-hybridized carbons (Fsp3) is 0.0455. The quantitative estimate of drug-likeness (QED) is 0.520. The van der Waals surface area contributed by atoms with Gasteiger partial charge in [0.2, 0.25) is 5.43 Å². The predicted molar refractivity (Wildman–Crippen MR) is 108 cm³/mol. The largest absolute Gasteiger partial charge is 0.477 e. The number of halogens is 1. The van der Waals surface area contributed by atoms with Crippen molar-refractivity contribution in [2.45, 2.75) is 6.54 Å². The number of aromatic nitrogens is 2. The summed E-state index contributed by atoms with van der Waals surface area (Å²) in [6.45, 7) is 0.106. The van der Waals surface area contributed by atoms with Gasteiger partial charge in [0.15, 0.2) is 0 Å². The minimum atomic E-state index is -1.36. The first kappa shape index (κ1) is 18.4. The normalized spacial score (nSPS) is 10.9. The molecule has 7 heteroatoms. The zero-order valence-electron chi connectivity index (χ0n) is 15.2. The van der Waals surface area contributed by atoms with E-state index in [0.29, 0.717) is 11.4 Å². The van der Waals surface area contributed by atoms with Crippen LogP contribution in [0.4, 0.5) is 10.1 Å². The second-order valence-electron chi connectivity index (χ2n) is 6.60. The van der Waals surface area contributed by atoms with E-state index in [2.05, 4.69) is 4.98 Å². The maximum Gasteiger partial charge on any atom is 0.341 e. The van der Waals surface area contributed by atoms with E-state index in [1.807, 2.05) is 24.3 Å². The van der Waals surface area contributed by atoms with E-state index in [1.165, 1.54) is 22.8 Å². The number of benzene rings is 2. The number of nitrogen functional groups attached to an aromatic ring is 1. The molecule has 0 saturated carbocycles. The number of carboxylic acids is 1. The van der Waals surface area contributed by atoms with Gasteiger partial charge in [0.05, 0.1) is 17.8 Å². The molecule has 0 bridgehead atoms. The Kier molecular flexibility index (Phi) is 4.56. The summed E-state index contributed by atoms with van der Waals surface area (Å²) in [7, 11) is 0. The van der Waals surface area contributed by atoms with E-state index in [1.54, 1.807) is 18.3 Å². The van der Waals surface area contributed by atoms with Gasteiger partial charge >= 0.3 is 5.97 Å². The van der Waals surface area contributed by atoms with Crippen molar-refractivity contribution >= 4 is 22.6 Å². The summed E-state index contributed by atoms with van der Waals surface area (Å²) >= 11 is 0. The topological polar surface area (TPSA) is 98.2 Å². The van der Waals surface area contributed by atoms with Gasteiger partial charge in [-0.25, -0.2) is 9.18 Å². The first-order valence-electron chi connectivity index (χ1n) is 8.80. The van der Waals surface area contributed by atoms with Crippen molar-refractivity contribution in [1.82, 2.24) is 9.55 Å². The average molecular weight is 389 g/mol. The van der Waals surface area contributed by atoms with Crippen molar-refractivity contribution < 1.29 is 14.3 Å². The van der Waals surface area contributed by atoms with Gasteiger partial charge in [0.25, 0.3) is 0 Å². The third-order valence-electron chi connectivity index (χ3n) is 4.66. The Morgan fingerprint density at radius 2 is 1.90 bits per heavy atom. The molecule has 6 nitrogen and oxygen atoms in total. The van der Waals surface area contributed by atoms with Crippen LogP contribution in [0.15, 0.2) is 71.8 Å². The Bertz CT molecular complexity index is 1300. The van der Waals surface area contributed by atoms with Crippen LogP contribution in [0.2, 0.25) is 0 Å². The fourth-order valence-corrected chi connectivity index (χ4v) is 3.27. The van der Waals surface area contributed by atoms with Crippen molar-refractivity contribution in [3.8, 4) is 11.1 Å². The molecule has 3 N–H and O–H groups in total. The van der Waals surface area contributed by atoms with Crippen LogP contribution in [0.5, 0.6) is 0 Å². The number of aromatic carboxylic acids is 1. The lowest BCUT2D eigenvalue weighted by molar-refractivity contribution is 0.0695. The molecule has 0 fully saturated rings. The zero-order valence-corrected chi connectivity index (χ0v) is 15.2. The lowest BCUT2D eigenvalue weighted by Gasteiger charge is -2.13. The molecule has 0 aliphatic carbocycles. The van der Waals surface area contributed by atoms with Crippen molar-refractivity contribution in [2.24, 2.45) is 0 Å². The van der Waals surface area contributed by atoms with Crippen LogP contribution in [0.25, 0.3) is 22.0 Å². The third kappa shape index (κ3) is 3.45. The molecule has 0 amide bonds. The molecule has 0 unspecified atom stereocenters. The van der Waals surface area contributed by atoms with Gasteiger partial charge in [0, 0.05) is 29.0 Å². The minimum absolute atomic E-state index is 0.0151. The Labute approximate surface area is 164 Å². The molecule has 0 saturated heterocycles. The number of rotatable bonds is 4. The minimum Gasteiger partial charge on any atom is -0.477 e. The highest BCUT2D eigenvalue weighted by atomic mass is 19.1. The third-order valence-corrected chi connectivity index (χ3v) is 4.66. The number of carboxylic acid groups (broad SMARTS) is 1. The number of nitrogens with two attached hydrogens (primary N) is 1. The van der Waals surface area contributed by atoms with Crippen molar-refractivity contribution in [3.05, 3.63) is 94.3 Å². The van der Waals surface area contributed by atoms with E-state index >= 15 is 0 Å². The van der Waals surface area contributed by atoms with E-state index in [0.717, 1.165) is 17.3 Å². The number of anilines is 1. The first-order chi connectivity index (χ1) is 13.9. The van der Waals surface area contributed by atoms with Crippen LogP contribution in [0, 0.1) is 5.82 Å². The second kappa shape index (κ2) is 7.20. The molecule has 2 aromatic carbocycles. The maximum atomic E-state index is 14.4. The van der Waals surface area contributed by atoms with E-state index in [-0.39, 0.29) is 17.4 Å². The van der Waals surface area contributed by atoms with Gasteiger partial charge in [-0.3, -0.25) is 9.78 Å². The monoisotopic (exact) mass is 389 g/mol. The van der Waals surface area contributed by atoms with Gasteiger partial charge < -0.3 is 15.4 Å². The highest BCUT2D eigenvalue weighted by molar-refractivity contribution is 5.92. The Hall–Kier alpha value is -4.00. The fourth-order valence-electron chi connectivity index (χ4n) is 3.27. The molecule has 0 aliphatic heterocycles. The number of pyridine rings is 2. The summed E-state index contributed by atoms with van der Waals surface area (Å²) in [6.07, 6.45) is 2.83. The molecule has 0 atom stereocenters. The molecular formula is C22H16FN3O3. The molecule has 29 heavy (non-hydrogen) atoms. The average Bonchev–Trinajstić information content (AvgIpc) is 2.70. The van der Waals surface area contributed by atoms with Crippen LogP contribution in [0.3, 0.4) is 0 Å².